The highest BCUT2D eigenvalue weighted by molar-refractivity contribution is 5.84. The third-order valence-corrected chi connectivity index (χ3v) is 3.94. The van der Waals surface area contributed by atoms with Crippen LogP contribution in [-0.2, 0) is 16.1 Å². The van der Waals surface area contributed by atoms with Crippen LogP contribution in [0.4, 0.5) is 0 Å². The molecule has 2 unspecified atom stereocenters. The summed E-state index contributed by atoms with van der Waals surface area (Å²) in [6.07, 6.45) is 2.37. The van der Waals surface area contributed by atoms with Crippen LogP contribution < -0.4 is 10.6 Å². The molecular weight excluding hydrogens is 240 g/mol. The first-order valence-electron chi connectivity index (χ1n) is 7.02. The van der Waals surface area contributed by atoms with Gasteiger partial charge < -0.3 is 15.4 Å². The zero-order valence-electron chi connectivity index (χ0n) is 11.0. The standard InChI is InChI=1S/C15H20N2O2/c18-15(17-9-12-5-3-7-19-12)14-10-16-8-11-4-1-2-6-13(11)14/h1-2,4,6,12,14,16H,3,5,7-10H2,(H,17,18). The Morgan fingerprint density at radius 2 is 2.32 bits per heavy atom. The molecular formula is C15H20N2O2. The number of hydrogen-bond donors (Lipinski definition) is 2. The molecule has 1 fully saturated rings. The molecule has 2 aliphatic heterocycles. The fourth-order valence-corrected chi connectivity index (χ4v) is 2.87. The van der Waals surface area contributed by atoms with Crippen molar-refractivity contribution in [3.05, 3.63) is 35.4 Å². The summed E-state index contributed by atoms with van der Waals surface area (Å²) in [5.74, 6) is 0.0292. The molecule has 0 radical (unpaired) electrons. The lowest BCUT2D eigenvalue weighted by atomic mass is 9.90. The number of carbonyl (C=O) groups excluding carboxylic acids is 1. The van der Waals surface area contributed by atoms with Crippen molar-refractivity contribution in [3.8, 4) is 0 Å². The topological polar surface area (TPSA) is 50.4 Å². The molecule has 2 N–H and O–H groups in total. The second kappa shape index (κ2) is 5.72. The van der Waals surface area contributed by atoms with Crippen molar-refractivity contribution in [1.82, 2.24) is 10.6 Å². The summed E-state index contributed by atoms with van der Waals surface area (Å²) in [5, 5.41) is 6.34. The van der Waals surface area contributed by atoms with E-state index in [4.69, 9.17) is 4.74 Å². The van der Waals surface area contributed by atoms with Crippen molar-refractivity contribution in [1.29, 1.82) is 0 Å². The SMILES string of the molecule is O=C(NCC1CCCO1)C1CNCc2ccccc21. The minimum Gasteiger partial charge on any atom is -0.376 e. The van der Waals surface area contributed by atoms with Gasteiger partial charge in [0.2, 0.25) is 5.91 Å². The van der Waals surface area contributed by atoms with E-state index < -0.39 is 0 Å². The van der Waals surface area contributed by atoms with E-state index >= 15 is 0 Å². The van der Waals surface area contributed by atoms with E-state index in [9.17, 15) is 4.79 Å². The normalized spacial score (nSPS) is 25.9. The van der Waals surface area contributed by atoms with Gasteiger partial charge in [0.25, 0.3) is 0 Å². The molecule has 2 heterocycles. The molecule has 0 saturated carbocycles. The van der Waals surface area contributed by atoms with Gasteiger partial charge in [0.1, 0.15) is 0 Å². The highest BCUT2D eigenvalue weighted by Crippen LogP contribution is 2.24. The summed E-state index contributed by atoms with van der Waals surface area (Å²) in [4.78, 5) is 12.3. The Labute approximate surface area is 113 Å². The van der Waals surface area contributed by atoms with Crippen molar-refractivity contribution in [2.24, 2.45) is 0 Å². The maximum Gasteiger partial charge on any atom is 0.228 e. The lowest BCUT2D eigenvalue weighted by molar-refractivity contribution is -0.123. The average molecular weight is 260 g/mol. The van der Waals surface area contributed by atoms with Gasteiger partial charge in [-0.2, -0.15) is 0 Å². The van der Waals surface area contributed by atoms with E-state index in [0.29, 0.717) is 13.1 Å². The van der Waals surface area contributed by atoms with Gasteiger partial charge in [-0.15, -0.1) is 0 Å². The number of nitrogens with one attached hydrogen (secondary N) is 2. The van der Waals surface area contributed by atoms with Gasteiger partial charge in [-0.05, 0) is 24.0 Å². The molecule has 0 spiro atoms. The number of carbonyl (C=O) groups is 1. The number of rotatable bonds is 3. The van der Waals surface area contributed by atoms with Crippen LogP contribution in [0, 0.1) is 0 Å². The van der Waals surface area contributed by atoms with Crippen molar-refractivity contribution >= 4 is 5.91 Å². The van der Waals surface area contributed by atoms with E-state index in [2.05, 4.69) is 22.8 Å². The second-order valence-corrected chi connectivity index (χ2v) is 5.26. The van der Waals surface area contributed by atoms with Gasteiger partial charge in [0, 0.05) is 26.2 Å². The molecule has 2 aliphatic rings. The quantitative estimate of drug-likeness (QED) is 0.857. The highest BCUT2D eigenvalue weighted by Gasteiger charge is 2.26. The molecule has 3 rings (SSSR count). The van der Waals surface area contributed by atoms with Gasteiger partial charge >= 0.3 is 0 Å². The maximum absolute atomic E-state index is 12.3. The molecule has 1 amide bonds. The lowest BCUT2D eigenvalue weighted by Gasteiger charge is -2.26. The molecule has 19 heavy (non-hydrogen) atoms. The van der Waals surface area contributed by atoms with Gasteiger partial charge in [0.15, 0.2) is 0 Å². The molecule has 0 aromatic heterocycles. The summed E-state index contributed by atoms with van der Waals surface area (Å²) >= 11 is 0. The predicted octanol–water partition coefficient (Wildman–Crippen LogP) is 1.17. The smallest absolute Gasteiger partial charge is 0.228 e. The summed E-state index contributed by atoms with van der Waals surface area (Å²) in [6.45, 7) is 3.03. The summed E-state index contributed by atoms with van der Waals surface area (Å²) in [5.41, 5.74) is 2.39. The van der Waals surface area contributed by atoms with Crippen LogP contribution in [0.2, 0.25) is 0 Å². The zero-order chi connectivity index (χ0) is 13.1. The van der Waals surface area contributed by atoms with E-state index in [1.54, 1.807) is 0 Å². The molecule has 2 atom stereocenters. The van der Waals surface area contributed by atoms with Crippen LogP contribution in [0.25, 0.3) is 0 Å². The van der Waals surface area contributed by atoms with E-state index in [1.807, 2.05) is 12.1 Å². The Kier molecular flexibility index (Phi) is 3.80. The first-order chi connectivity index (χ1) is 9.34. The minimum atomic E-state index is -0.0775. The lowest BCUT2D eigenvalue weighted by Crippen LogP contribution is -2.41. The summed E-state index contributed by atoms with van der Waals surface area (Å²) in [7, 11) is 0. The van der Waals surface area contributed by atoms with Crippen molar-refractivity contribution in [2.45, 2.75) is 31.4 Å². The second-order valence-electron chi connectivity index (χ2n) is 5.26. The monoisotopic (exact) mass is 260 g/mol. The molecule has 102 valence electrons. The highest BCUT2D eigenvalue weighted by atomic mass is 16.5. The van der Waals surface area contributed by atoms with Crippen molar-refractivity contribution < 1.29 is 9.53 Å². The fraction of sp³-hybridized carbons (Fsp3) is 0.533. The maximum atomic E-state index is 12.3. The summed E-state index contributed by atoms with van der Waals surface area (Å²) in [6, 6.07) is 8.17. The molecule has 1 saturated heterocycles. The average Bonchev–Trinajstić information content (AvgIpc) is 2.97. The Balaban J connectivity index is 1.64. The third-order valence-electron chi connectivity index (χ3n) is 3.94. The molecule has 4 nitrogen and oxygen atoms in total. The molecule has 0 aliphatic carbocycles. The first kappa shape index (κ1) is 12.6. The third kappa shape index (κ3) is 2.80. The molecule has 0 bridgehead atoms. The largest absolute Gasteiger partial charge is 0.376 e. The predicted molar refractivity (Wildman–Crippen MR) is 72.9 cm³/mol. The minimum absolute atomic E-state index is 0.0775. The van der Waals surface area contributed by atoms with Crippen molar-refractivity contribution in [2.75, 3.05) is 19.7 Å². The van der Waals surface area contributed by atoms with Gasteiger partial charge in [-0.25, -0.2) is 0 Å². The number of amides is 1. The van der Waals surface area contributed by atoms with Crippen LogP contribution in [0.15, 0.2) is 24.3 Å². The number of hydrogen-bond acceptors (Lipinski definition) is 3. The Bertz CT molecular complexity index is 455. The molecule has 4 heteroatoms. The van der Waals surface area contributed by atoms with Gasteiger partial charge in [-0.3, -0.25) is 4.79 Å². The van der Waals surface area contributed by atoms with Gasteiger partial charge in [0.05, 0.1) is 12.0 Å². The first-order valence-corrected chi connectivity index (χ1v) is 7.02. The zero-order valence-corrected chi connectivity index (χ0v) is 11.0. The number of benzene rings is 1. The van der Waals surface area contributed by atoms with Crippen LogP contribution in [0.1, 0.15) is 29.9 Å². The van der Waals surface area contributed by atoms with E-state index in [1.165, 1.54) is 5.56 Å². The van der Waals surface area contributed by atoms with E-state index in [-0.39, 0.29) is 17.9 Å². The van der Waals surface area contributed by atoms with Crippen LogP contribution in [0.5, 0.6) is 0 Å². The Hall–Kier alpha value is -1.39. The molecule has 1 aromatic rings. The Morgan fingerprint density at radius 3 is 3.16 bits per heavy atom. The number of ether oxygens (including phenoxy) is 1. The molecule has 1 aromatic carbocycles. The summed E-state index contributed by atoms with van der Waals surface area (Å²) < 4.78 is 5.53. The van der Waals surface area contributed by atoms with Gasteiger partial charge in [-0.1, -0.05) is 24.3 Å². The Morgan fingerprint density at radius 1 is 1.42 bits per heavy atom. The van der Waals surface area contributed by atoms with Crippen LogP contribution in [-0.4, -0.2) is 31.7 Å². The fourth-order valence-electron chi connectivity index (χ4n) is 2.87. The van der Waals surface area contributed by atoms with Crippen LogP contribution in [0.3, 0.4) is 0 Å². The van der Waals surface area contributed by atoms with E-state index in [0.717, 1.165) is 31.6 Å². The number of fused-ring (bicyclic) bond motifs is 1. The van der Waals surface area contributed by atoms with Crippen LogP contribution >= 0.6 is 0 Å². The van der Waals surface area contributed by atoms with Crippen molar-refractivity contribution in [3.63, 3.8) is 0 Å².